The van der Waals surface area contributed by atoms with E-state index in [1.165, 1.54) is 44.3 Å². The van der Waals surface area contributed by atoms with Crippen molar-refractivity contribution in [1.29, 1.82) is 0 Å². The van der Waals surface area contributed by atoms with Crippen molar-refractivity contribution in [3.8, 4) is 0 Å². The van der Waals surface area contributed by atoms with Crippen molar-refractivity contribution >= 4 is 11.8 Å². The molecule has 0 aromatic carbocycles. The highest BCUT2D eigenvalue weighted by atomic mass is 32.2. The molecule has 2 aliphatic rings. The third-order valence-corrected chi connectivity index (χ3v) is 6.16. The maximum absolute atomic E-state index is 4.04. The molecule has 2 atom stereocenters. The molecule has 0 saturated heterocycles. The maximum atomic E-state index is 4.04. The molecule has 112 valence electrons. The Morgan fingerprint density at radius 1 is 1.05 bits per heavy atom. The molecule has 1 nitrogen and oxygen atoms in total. The summed E-state index contributed by atoms with van der Waals surface area (Å²) in [6, 6.07) is 1.52. The first-order valence-electron chi connectivity index (χ1n) is 8.19. The van der Waals surface area contributed by atoms with Crippen LogP contribution in [0.3, 0.4) is 0 Å². The summed E-state index contributed by atoms with van der Waals surface area (Å²) < 4.78 is 0. The summed E-state index contributed by atoms with van der Waals surface area (Å²) >= 11 is 2.17. The van der Waals surface area contributed by atoms with Gasteiger partial charge >= 0.3 is 0 Å². The molecule has 0 spiro atoms. The van der Waals surface area contributed by atoms with Crippen LogP contribution in [0.4, 0.5) is 0 Å². The second-order valence-corrected chi connectivity index (χ2v) is 9.82. The second kappa shape index (κ2) is 5.97. The molecular weight excluding hydrogens is 250 g/mol. The zero-order chi connectivity index (χ0) is 14.1. The first-order chi connectivity index (χ1) is 8.81. The van der Waals surface area contributed by atoms with Crippen molar-refractivity contribution < 1.29 is 0 Å². The van der Waals surface area contributed by atoms with Crippen LogP contribution in [-0.2, 0) is 0 Å². The third-order valence-electron chi connectivity index (χ3n) is 4.84. The van der Waals surface area contributed by atoms with E-state index < -0.39 is 0 Å². The second-order valence-electron chi connectivity index (χ2n) is 8.31. The fraction of sp³-hybridized carbons (Fsp3) is 1.00. The average molecular weight is 284 g/mol. The van der Waals surface area contributed by atoms with Gasteiger partial charge in [0.15, 0.2) is 0 Å². The summed E-state index contributed by atoms with van der Waals surface area (Å²) in [5.74, 6) is 1.27. The summed E-state index contributed by atoms with van der Waals surface area (Å²) in [6.45, 7) is 12.1. The molecule has 2 heteroatoms. The van der Waals surface area contributed by atoms with E-state index in [9.17, 15) is 0 Å². The Morgan fingerprint density at radius 3 is 2.26 bits per heavy atom. The van der Waals surface area contributed by atoms with Crippen LogP contribution in [0.2, 0.25) is 0 Å². The first-order valence-corrected chi connectivity index (χ1v) is 9.24. The van der Waals surface area contributed by atoms with Gasteiger partial charge in [-0.3, -0.25) is 0 Å². The Balaban J connectivity index is 1.94. The molecule has 1 N–H and O–H groups in total. The molecule has 2 unspecified atom stereocenters. The molecule has 0 aromatic heterocycles. The number of thioether (sulfide) groups is 1. The van der Waals surface area contributed by atoms with Gasteiger partial charge in [0.25, 0.3) is 0 Å². The summed E-state index contributed by atoms with van der Waals surface area (Å²) in [7, 11) is 0. The summed E-state index contributed by atoms with van der Waals surface area (Å²) in [6.07, 6.45) is 8.34. The molecule has 2 saturated carbocycles. The Bertz CT molecular complexity index is 282. The van der Waals surface area contributed by atoms with Crippen molar-refractivity contribution in [3.05, 3.63) is 0 Å². The Hall–Kier alpha value is 0.310. The summed E-state index contributed by atoms with van der Waals surface area (Å²) in [5, 5.41) is 4.92. The maximum Gasteiger partial charge on any atom is 0.0201 e. The highest BCUT2D eigenvalue weighted by Crippen LogP contribution is 2.46. The predicted molar refractivity (Wildman–Crippen MR) is 87.9 cm³/mol. The van der Waals surface area contributed by atoms with Gasteiger partial charge in [-0.05, 0) is 48.7 Å². The van der Waals surface area contributed by atoms with Crippen molar-refractivity contribution in [1.82, 2.24) is 5.32 Å². The van der Waals surface area contributed by atoms with Crippen molar-refractivity contribution in [3.63, 3.8) is 0 Å². The van der Waals surface area contributed by atoms with Gasteiger partial charge in [-0.15, -0.1) is 0 Å². The lowest BCUT2D eigenvalue weighted by atomic mass is 9.63. The van der Waals surface area contributed by atoms with E-state index in [-0.39, 0.29) is 0 Å². The average Bonchev–Trinajstić information content (AvgIpc) is 2.61. The van der Waals surface area contributed by atoms with Gasteiger partial charge < -0.3 is 5.32 Å². The zero-order valence-corrected chi connectivity index (χ0v) is 14.4. The lowest BCUT2D eigenvalue weighted by molar-refractivity contribution is 0.0808. The minimum atomic E-state index is 0.505. The number of hydrogen-bond acceptors (Lipinski definition) is 2. The van der Waals surface area contributed by atoms with Crippen LogP contribution in [-0.4, -0.2) is 23.1 Å². The van der Waals surface area contributed by atoms with Crippen molar-refractivity contribution in [2.45, 2.75) is 90.5 Å². The number of hydrogen-bond donors (Lipinski definition) is 1. The van der Waals surface area contributed by atoms with Crippen molar-refractivity contribution in [2.24, 2.45) is 10.8 Å². The van der Waals surface area contributed by atoms with E-state index in [4.69, 9.17) is 0 Å². The van der Waals surface area contributed by atoms with Gasteiger partial charge in [0, 0.05) is 17.3 Å². The van der Waals surface area contributed by atoms with Crippen LogP contribution >= 0.6 is 11.8 Å². The predicted octanol–water partition coefficient (Wildman–Crippen LogP) is 4.86. The Morgan fingerprint density at radius 2 is 1.68 bits per heavy atom. The van der Waals surface area contributed by atoms with Gasteiger partial charge in [-0.1, -0.05) is 41.0 Å². The topological polar surface area (TPSA) is 12.0 Å². The summed E-state index contributed by atoms with van der Waals surface area (Å²) in [4.78, 5) is 0. The van der Waals surface area contributed by atoms with Gasteiger partial charge in [0.2, 0.25) is 0 Å². The molecule has 19 heavy (non-hydrogen) atoms. The highest BCUT2D eigenvalue weighted by Gasteiger charge is 2.40. The minimum absolute atomic E-state index is 0.505. The van der Waals surface area contributed by atoms with Crippen LogP contribution in [0.15, 0.2) is 0 Å². The highest BCUT2D eigenvalue weighted by molar-refractivity contribution is 7.99. The van der Waals surface area contributed by atoms with E-state index in [1.54, 1.807) is 0 Å². The lowest BCUT2D eigenvalue weighted by Crippen LogP contribution is -2.49. The normalized spacial score (nSPS) is 34.6. The monoisotopic (exact) mass is 283 g/mol. The molecule has 2 fully saturated rings. The third kappa shape index (κ3) is 4.39. The fourth-order valence-electron chi connectivity index (χ4n) is 4.80. The quantitative estimate of drug-likeness (QED) is 0.791. The van der Waals surface area contributed by atoms with Gasteiger partial charge in [-0.25, -0.2) is 0 Å². The Kier molecular flexibility index (Phi) is 4.93. The van der Waals surface area contributed by atoms with E-state index in [2.05, 4.69) is 51.7 Å². The van der Waals surface area contributed by atoms with Gasteiger partial charge in [0.05, 0.1) is 0 Å². The van der Waals surface area contributed by atoms with E-state index in [1.807, 2.05) is 0 Å². The fourth-order valence-corrected chi connectivity index (χ4v) is 6.01. The molecule has 2 aliphatic carbocycles. The molecule has 2 rings (SSSR count). The Labute approximate surface area is 124 Å². The molecule has 0 bridgehead atoms. The molecule has 0 aliphatic heterocycles. The standard InChI is InChI=1S/C17H33NS/c1-6-19-15-9-7-8-14(15)18-13-10-16(2,3)12-17(4,5)11-13/h13-15,18H,6-12H2,1-5H3. The van der Waals surface area contributed by atoms with Crippen LogP contribution in [0, 0.1) is 10.8 Å². The summed E-state index contributed by atoms with van der Waals surface area (Å²) in [5.41, 5.74) is 1.01. The van der Waals surface area contributed by atoms with Crippen LogP contribution < -0.4 is 5.32 Å². The smallest absolute Gasteiger partial charge is 0.0201 e. The SMILES string of the molecule is CCSC1CCCC1NC1CC(C)(C)CC(C)(C)C1. The first kappa shape index (κ1) is 15.7. The van der Waals surface area contributed by atoms with Crippen molar-refractivity contribution in [2.75, 3.05) is 5.75 Å². The molecular formula is C17H33NS. The van der Waals surface area contributed by atoms with E-state index in [0.29, 0.717) is 10.8 Å². The van der Waals surface area contributed by atoms with Crippen LogP contribution in [0.25, 0.3) is 0 Å². The van der Waals surface area contributed by atoms with Gasteiger partial charge in [0.1, 0.15) is 0 Å². The van der Waals surface area contributed by atoms with Crippen LogP contribution in [0.1, 0.15) is 73.1 Å². The van der Waals surface area contributed by atoms with Gasteiger partial charge in [-0.2, -0.15) is 11.8 Å². The molecule has 0 aromatic rings. The number of rotatable bonds is 4. The van der Waals surface area contributed by atoms with E-state index >= 15 is 0 Å². The minimum Gasteiger partial charge on any atom is -0.310 e. The molecule has 0 heterocycles. The van der Waals surface area contributed by atoms with E-state index in [0.717, 1.165) is 17.3 Å². The number of nitrogens with one attached hydrogen (secondary N) is 1. The lowest BCUT2D eigenvalue weighted by Gasteiger charge is -2.46. The molecule has 0 radical (unpaired) electrons. The molecule has 0 amide bonds. The largest absolute Gasteiger partial charge is 0.310 e. The van der Waals surface area contributed by atoms with Crippen LogP contribution in [0.5, 0.6) is 0 Å². The zero-order valence-electron chi connectivity index (χ0n) is 13.6.